The van der Waals surface area contributed by atoms with E-state index in [1.165, 1.54) is 212 Å². The molecule has 0 aromatic heterocycles. The molecule has 0 aliphatic rings. The zero-order chi connectivity index (χ0) is 48.1. The van der Waals surface area contributed by atoms with E-state index in [1.807, 2.05) is 0 Å². The average Bonchev–Trinajstić information content (AvgIpc) is 3.31. The molecule has 1 amide bonds. The molecule has 0 aliphatic heterocycles. The highest BCUT2D eigenvalue weighted by atomic mass is 16.5. The number of rotatable bonds is 54. The summed E-state index contributed by atoms with van der Waals surface area (Å²) in [6.45, 7) is 6.51. The molecule has 66 heavy (non-hydrogen) atoms. The maximum absolute atomic E-state index is 13.3. The number of hydrogen-bond acceptors (Lipinski definition) is 5. The van der Waals surface area contributed by atoms with E-state index >= 15 is 0 Å². The number of nitrogens with one attached hydrogen (secondary N) is 1. The van der Waals surface area contributed by atoms with Crippen LogP contribution in [0.3, 0.4) is 0 Å². The lowest BCUT2D eigenvalue weighted by Crippen LogP contribution is -2.46. The Morgan fingerprint density at radius 3 is 1.08 bits per heavy atom. The molecule has 0 bridgehead atoms. The fourth-order valence-corrected chi connectivity index (χ4v) is 9.25. The molecule has 0 saturated carbocycles. The topological polar surface area (TPSA) is 95.9 Å². The van der Waals surface area contributed by atoms with Crippen LogP contribution < -0.4 is 5.32 Å². The monoisotopic (exact) mass is 930 g/mol. The van der Waals surface area contributed by atoms with Crippen LogP contribution in [0.5, 0.6) is 0 Å². The number of ether oxygens (including phenoxy) is 1. The van der Waals surface area contributed by atoms with Gasteiger partial charge in [-0.2, -0.15) is 0 Å². The van der Waals surface area contributed by atoms with E-state index in [9.17, 15) is 19.8 Å². The predicted molar refractivity (Wildman–Crippen MR) is 287 cm³/mol. The minimum atomic E-state index is -0.789. The minimum absolute atomic E-state index is 0.0733. The summed E-state index contributed by atoms with van der Waals surface area (Å²) in [6.07, 6.45) is 63.9. The van der Waals surface area contributed by atoms with Crippen LogP contribution in [-0.2, 0) is 14.3 Å². The zero-order valence-corrected chi connectivity index (χ0v) is 44.6. The van der Waals surface area contributed by atoms with Gasteiger partial charge in [0.1, 0.15) is 6.10 Å². The minimum Gasteiger partial charge on any atom is -0.462 e. The van der Waals surface area contributed by atoms with Crippen molar-refractivity contribution in [3.05, 3.63) is 24.3 Å². The van der Waals surface area contributed by atoms with Crippen molar-refractivity contribution >= 4 is 11.9 Å². The lowest BCUT2D eigenvalue weighted by molar-refractivity contribution is -0.151. The number of carbonyl (C=O) groups is 2. The average molecular weight is 931 g/mol. The van der Waals surface area contributed by atoms with Crippen molar-refractivity contribution in [2.75, 3.05) is 6.61 Å². The van der Waals surface area contributed by atoms with Gasteiger partial charge in [-0.1, -0.05) is 257 Å². The van der Waals surface area contributed by atoms with Gasteiger partial charge < -0.3 is 20.3 Å². The Balaban J connectivity index is 4.54. The number of allylic oxidation sites excluding steroid dienone is 4. The molecule has 3 N–H and O–H groups in total. The van der Waals surface area contributed by atoms with E-state index in [0.29, 0.717) is 19.3 Å². The van der Waals surface area contributed by atoms with Crippen molar-refractivity contribution in [1.29, 1.82) is 0 Å². The fourth-order valence-electron chi connectivity index (χ4n) is 9.25. The Hall–Kier alpha value is -1.66. The molecule has 390 valence electrons. The van der Waals surface area contributed by atoms with Crippen LogP contribution in [0.4, 0.5) is 0 Å². The third-order valence-corrected chi connectivity index (χ3v) is 13.8. The van der Waals surface area contributed by atoms with Gasteiger partial charge in [0.15, 0.2) is 0 Å². The molecular formula is C60H115NO5. The maximum Gasteiger partial charge on any atom is 0.306 e. The van der Waals surface area contributed by atoms with Gasteiger partial charge in [0.05, 0.1) is 25.2 Å². The molecule has 6 heteroatoms. The van der Waals surface area contributed by atoms with Gasteiger partial charge in [0.25, 0.3) is 0 Å². The van der Waals surface area contributed by atoms with E-state index in [1.54, 1.807) is 0 Å². The Labute approximate surface area is 411 Å². The number of unbranched alkanes of at least 4 members (excludes halogenated alkanes) is 38. The zero-order valence-electron chi connectivity index (χ0n) is 44.6. The van der Waals surface area contributed by atoms with E-state index in [2.05, 4.69) is 50.4 Å². The summed E-state index contributed by atoms with van der Waals surface area (Å²) in [7, 11) is 0. The third kappa shape index (κ3) is 48.8. The largest absolute Gasteiger partial charge is 0.462 e. The summed E-state index contributed by atoms with van der Waals surface area (Å²) in [5.74, 6) is -0.474. The number of amides is 1. The van der Waals surface area contributed by atoms with Crippen LogP contribution in [0.25, 0.3) is 0 Å². The van der Waals surface area contributed by atoms with Gasteiger partial charge in [0.2, 0.25) is 5.91 Å². The van der Waals surface area contributed by atoms with Crippen LogP contribution in [-0.4, -0.2) is 46.9 Å². The maximum atomic E-state index is 13.3. The second-order valence-electron chi connectivity index (χ2n) is 20.4. The first-order valence-electron chi connectivity index (χ1n) is 29.6. The van der Waals surface area contributed by atoms with Gasteiger partial charge in [-0.15, -0.1) is 0 Å². The molecule has 0 aromatic rings. The van der Waals surface area contributed by atoms with Crippen molar-refractivity contribution in [2.24, 2.45) is 0 Å². The summed E-state index contributed by atoms with van der Waals surface area (Å²) in [6, 6.07) is -0.703. The van der Waals surface area contributed by atoms with Gasteiger partial charge in [0, 0.05) is 6.42 Å². The van der Waals surface area contributed by atoms with Gasteiger partial charge >= 0.3 is 5.97 Å². The molecule has 0 radical (unpaired) electrons. The number of aliphatic hydroxyl groups excluding tert-OH is 2. The van der Waals surface area contributed by atoms with E-state index in [-0.39, 0.29) is 24.9 Å². The van der Waals surface area contributed by atoms with Crippen LogP contribution in [0, 0.1) is 0 Å². The summed E-state index contributed by atoms with van der Waals surface area (Å²) in [4.78, 5) is 26.3. The Bertz CT molecular complexity index is 1040. The molecule has 0 saturated heterocycles. The summed E-state index contributed by atoms with van der Waals surface area (Å²) < 4.78 is 5.96. The molecule has 0 aliphatic carbocycles. The van der Waals surface area contributed by atoms with E-state index < -0.39 is 18.2 Å². The lowest BCUT2D eigenvalue weighted by Gasteiger charge is -2.24. The van der Waals surface area contributed by atoms with Crippen molar-refractivity contribution in [3.63, 3.8) is 0 Å². The smallest absolute Gasteiger partial charge is 0.306 e. The SMILES string of the molecule is CCCCCCCC/C=C/CCCCCCCC(CC(=O)NC(CO)C(O)CCCCCCCCCCCCCCCC)OC(=O)CCCCCCC/C=C/CCCCCCCCCCC. The molecule has 3 atom stereocenters. The standard InChI is InChI=1S/C60H115NO5/c1-4-7-10-13-16-19-22-25-28-29-30-32-35-38-41-44-47-50-53-60(65)66-56(51-48-45-42-39-36-33-31-26-23-20-17-14-11-8-5-2)54-59(64)61-57(55-62)58(63)52-49-46-43-40-37-34-27-24-21-18-15-12-9-6-3/h26,30-32,56-58,62-63H,4-25,27-29,33-55H2,1-3H3,(H,61,64)/b31-26+,32-30+. The van der Waals surface area contributed by atoms with E-state index in [0.717, 1.165) is 64.2 Å². The highest BCUT2D eigenvalue weighted by molar-refractivity contribution is 5.77. The molecule has 0 aromatic carbocycles. The molecule has 0 fully saturated rings. The van der Waals surface area contributed by atoms with Gasteiger partial charge in [-0.3, -0.25) is 9.59 Å². The van der Waals surface area contributed by atoms with Crippen LogP contribution >= 0.6 is 0 Å². The Morgan fingerprint density at radius 1 is 0.424 bits per heavy atom. The fraction of sp³-hybridized carbons (Fsp3) is 0.900. The highest BCUT2D eigenvalue weighted by Crippen LogP contribution is 2.18. The van der Waals surface area contributed by atoms with Crippen LogP contribution in [0.1, 0.15) is 323 Å². The Morgan fingerprint density at radius 2 is 0.727 bits per heavy atom. The molecular weight excluding hydrogens is 815 g/mol. The highest BCUT2D eigenvalue weighted by Gasteiger charge is 2.24. The predicted octanol–water partition coefficient (Wildman–Crippen LogP) is 18.2. The van der Waals surface area contributed by atoms with Crippen LogP contribution in [0.2, 0.25) is 0 Å². The first-order chi connectivity index (χ1) is 32.5. The van der Waals surface area contributed by atoms with Crippen molar-refractivity contribution in [2.45, 2.75) is 341 Å². The van der Waals surface area contributed by atoms with Crippen molar-refractivity contribution in [3.8, 4) is 0 Å². The lowest BCUT2D eigenvalue weighted by atomic mass is 10.0. The number of carbonyl (C=O) groups excluding carboxylic acids is 2. The second-order valence-corrected chi connectivity index (χ2v) is 20.4. The summed E-state index contributed by atoms with van der Waals surface area (Å²) in [5, 5.41) is 23.9. The second kappa shape index (κ2) is 54.3. The normalized spacial score (nSPS) is 13.2. The first kappa shape index (κ1) is 64.3. The third-order valence-electron chi connectivity index (χ3n) is 13.8. The number of aliphatic hydroxyl groups is 2. The number of hydrogen-bond donors (Lipinski definition) is 3. The van der Waals surface area contributed by atoms with Gasteiger partial charge in [-0.25, -0.2) is 0 Å². The molecule has 6 nitrogen and oxygen atoms in total. The molecule has 0 heterocycles. The van der Waals surface area contributed by atoms with E-state index in [4.69, 9.17) is 4.74 Å². The molecule has 3 unspecified atom stereocenters. The first-order valence-corrected chi connectivity index (χ1v) is 29.6. The molecule has 0 rings (SSSR count). The molecule has 0 spiro atoms. The van der Waals surface area contributed by atoms with Gasteiger partial charge in [-0.05, 0) is 77.0 Å². The van der Waals surface area contributed by atoms with Crippen LogP contribution in [0.15, 0.2) is 24.3 Å². The van der Waals surface area contributed by atoms with Crippen molar-refractivity contribution < 1.29 is 24.5 Å². The quantitative estimate of drug-likeness (QED) is 0.0321. The Kier molecular flexibility index (Phi) is 52.9. The summed E-state index contributed by atoms with van der Waals surface area (Å²) >= 11 is 0. The summed E-state index contributed by atoms with van der Waals surface area (Å²) in [5.41, 5.74) is 0. The van der Waals surface area contributed by atoms with Crippen molar-refractivity contribution in [1.82, 2.24) is 5.32 Å². The number of esters is 1.